The Balaban J connectivity index is 2.41. The second-order valence-corrected chi connectivity index (χ2v) is 5.89. The number of allylic oxidation sites excluding steroid dienone is 2. The third-order valence-electron chi connectivity index (χ3n) is 4.31. The lowest BCUT2D eigenvalue weighted by Crippen LogP contribution is -2.02. The van der Waals surface area contributed by atoms with Gasteiger partial charge in [0.1, 0.15) is 0 Å². The molecule has 2 rings (SSSR count). The Morgan fingerprint density at radius 3 is 2.19 bits per heavy atom. The Hall–Kier alpha value is -1.82. The largest absolute Gasteiger partial charge is 0.0832 e. The fourth-order valence-corrected chi connectivity index (χ4v) is 3.04. The summed E-state index contributed by atoms with van der Waals surface area (Å²) in [6.45, 7) is 11.0. The molecular formula is C21H26. The van der Waals surface area contributed by atoms with Crippen molar-refractivity contribution < 1.29 is 0 Å². The van der Waals surface area contributed by atoms with Gasteiger partial charge in [-0.05, 0) is 49.5 Å². The zero-order chi connectivity index (χ0) is 15.4. The van der Waals surface area contributed by atoms with Crippen molar-refractivity contribution in [3.05, 3.63) is 76.4 Å². The lowest BCUT2D eigenvalue weighted by molar-refractivity contribution is 0.941. The molecule has 0 bridgehead atoms. The Labute approximate surface area is 129 Å². The van der Waals surface area contributed by atoms with Gasteiger partial charge in [0.25, 0.3) is 0 Å². The molecule has 0 fully saturated rings. The molecule has 2 aromatic carbocycles. The molecule has 0 heterocycles. The Kier molecular flexibility index (Phi) is 5.01. The van der Waals surface area contributed by atoms with Crippen LogP contribution < -0.4 is 0 Å². The summed E-state index contributed by atoms with van der Waals surface area (Å²) in [5.74, 6) is 0.424. The quantitative estimate of drug-likeness (QED) is 0.636. The lowest BCUT2D eigenvalue weighted by atomic mass is 9.84. The smallest absolute Gasteiger partial charge is 0.00663 e. The van der Waals surface area contributed by atoms with Crippen molar-refractivity contribution in [3.63, 3.8) is 0 Å². The molecule has 0 radical (unpaired) electrons. The van der Waals surface area contributed by atoms with E-state index in [0.29, 0.717) is 5.92 Å². The molecule has 1 unspecified atom stereocenters. The zero-order valence-corrected chi connectivity index (χ0v) is 13.9. The number of hydrogen-bond donors (Lipinski definition) is 0. The fourth-order valence-electron chi connectivity index (χ4n) is 3.04. The van der Waals surface area contributed by atoms with Gasteiger partial charge in [0.05, 0.1) is 0 Å². The van der Waals surface area contributed by atoms with Gasteiger partial charge in [0.2, 0.25) is 0 Å². The van der Waals surface area contributed by atoms with Crippen molar-refractivity contribution >= 4 is 5.57 Å². The monoisotopic (exact) mass is 278 g/mol. The van der Waals surface area contributed by atoms with Gasteiger partial charge in [0, 0.05) is 5.92 Å². The van der Waals surface area contributed by atoms with Crippen LogP contribution in [0.1, 0.15) is 54.5 Å². The fraction of sp³-hybridized carbons (Fsp3) is 0.333. The Morgan fingerprint density at radius 2 is 1.62 bits per heavy atom. The van der Waals surface area contributed by atoms with Crippen LogP contribution in [0.25, 0.3) is 5.57 Å². The van der Waals surface area contributed by atoms with E-state index in [2.05, 4.69) is 83.2 Å². The van der Waals surface area contributed by atoms with E-state index >= 15 is 0 Å². The highest BCUT2D eigenvalue weighted by Crippen LogP contribution is 2.34. The Bertz CT molecular complexity index is 630. The molecule has 0 amide bonds. The number of rotatable bonds is 4. The first kappa shape index (κ1) is 15.6. The average molecular weight is 278 g/mol. The molecule has 0 aliphatic rings. The van der Waals surface area contributed by atoms with Gasteiger partial charge in [0.15, 0.2) is 0 Å². The summed E-state index contributed by atoms with van der Waals surface area (Å²) >= 11 is 0. The van der Waals surface area contributed by atoms with Crippen LogP contribution in [0.4, 0.5) is 0 Å². The summed E-state index contributed by atoms with van der Waals surface area (Å²) in [5, 5.41) is 0. The standard InChI is InChI=1S/C21H26/c1-6-18-14-16(4)10-13-21(18)17(5)20(7-2)19-11-8-15(3)9-12-19/h7-14,17H,6H2,1-5H3. The molecule has 0 spiro atoms. The average Bonchev–Trinajstić information content (AvgIpc) is 2.49. The van der Waals surface area contributed by atoms with Gasteiger partial charge in [-0.2, -0.15) is 0 Å². The van der Waals surface area contributed by atoms with Crippen molar-refractivity contribution in [3.8, 4) is 0 Å². The van der Waals surface area contributed by atoms with Crippen molar-refractivity contribution in [1.82, 2.24) is 0 Å². The van der Waals surface area contributed by atoms with Crippen LogP contribution in [0, 0.1) is 13.8 Å². The van der Waals surface area contributed by atoms with Crippen molar-refractivity contribution in [2.24, 2.45) is 0 Å². The maximum atomic E-state index is 2.33. The number of hydrogen-bond acceptors (Lipinski definition) is 0. The summed E-state index contributed by atoms with van der Waals surface area (Å²) in [7, 11) is 0. The first-order chi connectivity index (χ1) is 10.1. The minimum absolute atomic E-state index is 0.424. The first-order valence-corrected chi connectivity index (χ1v) is 7.89. The van der Waals surface area contributed by atoms with Gasteiger partial charge in [-0.25, -0.2) is 0 Å². The normalized spacial score (nSPS) is 13.3. The van der Waals surface area contributed by atoms with Gasteiger partial charge in [-0.1, -0.05) is 73.5 Å². The molecular weight excluding hydrogens is 252 g/mol. The lowest BCUT2D eigenvalue weighted by Gasteiger charge is -2.20. The van der Waals surface area contributed by atoms with Crippen LogP contribution in [-0.4, -0.2) is 0 Å². The maximum Gasteiger partial charge on any atom is 0.00663 e. The first-order valence-electron chi connectivity index (χ1n) is 7.89. The van der Waals surface area contributed by atoms with Gasteiger partial charge < -0.3 is 0 Å². The van der Waals surface area contributed by atoms with Crippen molar-refractivity contribution in [2.45, 2.75) is 47.0 Å². The molecule has 2 aromatic rings. The van der Waals surface area contributed by atoms with Gasteiger partial charge in [-0.15, -0.1) is 0 Å². The SMILES string of the molecule is CC=C(c1ccc(C)cc1)C(C)c1ccc(C)cc1CC. The topological polar surface area (TPSA) is 0 Å². The molecule has 0 nitrogen and oxygen atoms in total. The predicted molar refractivity (Wildman–Crippen MR) is 93.8 cm³/mol. The number of benzene rings is 2. The molecule has 21 heavy (non-hydrogen) atoms. The van der Waals surface area contributed by atoms with E-state index in [-0.39, 0.29) is 0 Å². The van der Waals surface area contributed by atoms with E-state index in [1.165, 1.54) is 33.4 Å². The Morgan fingerprint density at radius 1 is 1.00 bits per heavy atom. The zero-order valence-electron chi connectivity index (χ0n) is 13.9. The third kappa shape index (κ3) is 3.44. The van der Waals surface area contributed by atoms with Gasteiger partial charge in [-0.3, -0.25) is 0 Å². The minimum atomic E-state index is 0.424. The summed E-state index contributed by atoms with van der Waals surface area (Å²) < 4.78 is 0. The predicted octanol–water partition coefficient (Wildman–Crippen LogP) is 6.07. The van der Waals surface area contributed by atoms with Crippen LogP contribution in [0.2, 0.25) is 0 Å². The molecule has 0 heteroatoms. The van der Waals surface area contributed by atoms with Crippen LogP contribution >= 0.6 is 0 Å². The highest BCUT2D eigenvalue weighted by Gasteiger charge is 2.15. The molecule has 0 aliphatic carbocycles. The molecule has 0 saturated heterocycles. The molecule has 0 saturated carbocycles. The van der Waals surface area contributed by atoms with Crippen molar-refractivity contribution in [2.75, 3.05) is 0 Å². The number of aryl methyl sites for hydroxylation is 3. The van der Waals surface area contributed by atoms with E-state index in [1.807, 2.05) is 0 Å². The van der Waals surface area contributed by atoms with Gasteiger partial charge >= 0.3 is 0 Å². The van der Waals surface area contributed by atoms with Crippen LogP contribution in [0.15, 0.2) is 48.5 Å². The third-order valence-corrected chi connectivity index (χ3v) is 4.31. The molecule has 1 atom stereocenters. The van der Waals surface area contributed by atoms with Crippen molar-refractivity contribution in [1.29, 1.82) is 0 Å². The minimum Gasteiger partial charge on any atom is -0.0832 e. The van der Waals surface area contributed by atoms with E-state index < -0.39 is 0 Å². The van der Waals surface area contributed by atoms with Crippen LogP contribution in [-0.2, 0) is 6.42 Å². The summed E-state index contributed by atoms with van der Waals surface area (Å²) in [5.41, 5.74) is 8.32. The van der Waals surface area contributed by atoms with Crippen LogP contribution in [0.3, 0.4) is 0 Å². The molecule has 0 N–H and O–H groups in total. The molecule has 0 aromatic heterocycles. The van der Waals surface area contributed by atoms with E-state index in [9.17, 15) is 0 Å². The highest BCUT2D eigenvalue weighted by molar-refractivity contribution is 5.71. The van der Waals surface area contributed by atoms with E-state index in [4.69, 9.17) is 0 Å². The second kappa shape index (κ2) is 6.76. The maximum absolute atomic E-state index is 2.33. The second-order valence-electron chi connectivity index (χ2n) is 5.89. The molecule has 0 aliphatic heterocycles. The summed E-state index contributed by atoms with van der Waals surface area (Å²) in [6, 6.07) is 15.7. The highest BCUT2D eigenvalue weighted by atomic mass is 14.2. The van der Waals surface area contributed by atoms with E-state index in [0.717, 1.165) is 6.42 Å². The summed E-state index contributed by atoms with van der Waals surface area (Å²) in [4.78, 5) is 0. The van der Waals surface area contributed by atoms with Crippen LogP contribution in [0.5, 0.6) is 0 Å². The summed E-state index contributed by atoms with van der Waals surface area (Å²) in [6.07, 6.45) is 3.35. The molecule has 110 valence electrons. The van der Waals surface area contributed by atoms with E-state index in [1.54, 1.807) is 0 Å².